The minimum Gasteiger partial charge on any atom is -0.459 e. The Labute approximate surface area is 267 Å². The van der Waals surface area contributed by atoms with E-state index in [9.17, 15) is 24.6 Å². The number of carbonyl (C=O) groups excluding carboxylic acids is 3. The van der Waals surface area contributed by atoms with Crippen molar-refractivity contribution in [3.8, 4) is 0 Å². The molecule has 2 aromatic carbocycles. The molecule has 46 heavy (non-hydrogen) atoms. The van der Waals surface area contributed by atoms with E-state index in [0.29, 0.717) is 43.2 Å². The summed E-state index contributed by atoms with van der Waals surface area (Å²) in [6.07, 6.45) is 1.08. The minimum absolute atomic E-state index is 0.0392. The van der Waals surface area contributed by atoms with Crippen LogP contribution in [0.15, 0.2) is 72.3 Å². The highest BCUT2D eigenvalue weighted by Crippen LogP contribution is 2.73. The number of benzene rings is 2. The van der Waals surface area contributed by atoms with E-state index >= 15 is 0 Å². The molecule has 9 heteroatoms. The van der Waals surface area contributed by atoms with Gasteiger partial charge in [-0.25, -0.2) is 14.4 Å². The summed E-state index contributed by atoms with van der Waals surface area (Å²) in [4.78, 5) is 38.8. The maximum atomic E-state index is 13.7. The van der Waals surface area contributed by atoms with E-state index in [1.165, 1.54) is 6.08 Å². The number of ether oxygens (including phenoxy) is 4. The Morgan fingerprint density at radius 2 is 1.54 bits per heavy atom. The molecule has 12 atom stereocenters. The van der Waals surface area contributed by atoms with Gasteiger partial charge in [-0.1, -0.05) is 50.2 Å². The lowest BCUT2D eigenvalue weighted by Gasteiger charge is -2.65. The summed E-state index contributed by atoms with van der Waals surface area (Å²) >= 11 is 0. The Kier molecular flexibility index (Phi) is 6.81. The third-order valence-corrected chi connectivity index (χ3v) is 12.9. The third kappa shape index (κ3) is 4.07. The number of cyclic esters (lactones) is 1. The van der Waals surface area contributed by atoms with Crippen LogP contribution in [0.1, 0.15) is 66.7 Å². The number of esters is 3. The molecule has 0 aromatic heterocycles. The van der Waals surface area contributed by atoms with Crippen molar-refractivity contribution >= 4 is 17.9 Å². The van der Waals surface area contributed by atoms with Crippen molar-refractivity contribution in [2.75, 3.05) is 6.61 Å². The van der Waals surface area contributed by atoms with Crippen LogP contribution in [-0.4, -0.2) is 70.8 Å². The predicted octanol–water partition coefficient (Wildman–Crippen LogP) is 4.26. The largest absolute Gasteiger partial charge is 0.459 e. The van der Waals surface area contributed by atoms with E-state index in [-0.39, 0.29) is 30.7 Å². The Hall–Kier alpha value is -3.53. The Morgan fingerprint density at radius 1 is 0.891 bits per heavy atom. The van der Waals surface area contributed by atoms with Gasteiger partial charge in [0.05, 0.1) is 23.3 Å². The second kappa shape index (κ2) is 10.5. The summed E-state index contributed by atoms with van der Waals surface area (Å²) in [5, 5.41) is 25.5. The van der Waals surface area contributed by atoms with Crippen LogP contribution < -0.4 is 0 Å². The first kappa shape index (κ1) is 29.8. The van der Waals surface area contributed by atoms with Crippen LogP contribution in [0.3, 0.4) is 0 Å². The molecule has 2 N–H and O–H groups in total. The number of aliphatic hydroxyl groups is 2. The van der Waals surface area contributed by atoms with E-state index in [1.54, 1.807) is 36.4 Å². The zero-order valence-electron chi connectivity index (χ0n) is 26.0. The molecule has 0 radical (unpaired) electrons. The van der Waals surface area contributed by atoms with E-state index in [4.69, 9.17) is 18.9 Å². The van der Waals surface area contributed by atoms with Crippen LogP contribution in [0.4, 0.5) is 0 Å². The van der Waals surface area contributed by atoms with Gasteiger partial charge in [0.25, 0.3) is 0 Å². The van der Waals surface area contributed by atoms with Gasteiger partial charge in [0.1, 0.15) is 30.5 Å². The molecule has 2 aliphatic heterocycles. The molecule has 2 heterocycles. The normalized spacial score (nSPS) is 43.6. The molecule has 0 unspecified atom stereocenters. The van der Waals surface area contributed by atoms with Gasteiger partial charge in [0.2, 0.25) is 0 Å². The highest BCUT2D eigenvalue weighted by molar-refractivity contribution is 5.90. The number of rotatable bonds is 5. The lowest BCUT2D eigenvalue weighted by Crippen LogP contribution is -2.74. The zero-order chi connectivity index (χ0) is 32.0. The van der Waals surface area contributed by atoms with Gasteiger partial charge in [-0.2, -0.15) is 0 Å². The third-order valence-electron chi connectivity index (χ3n) is 12.9. The van der Waals surface area contributed by atoms with E-state index in [2.05, 4.69) is 6.92 Å². The van der Waals surface area contributed by atoms with Crippen molar-refractivity contribution < 1.29 is 43.5 Å². The first-order valence-electron chi connectivity index (χ1n) is 16.5. The van der Waals surface area contributed by atoms with Gasteiger partial charge in [0.15, 0.2) is 0 Å². The fourth-order valence-electron chi connectivity index (χ4n) is 10.7. The smallest absolute Gasteiger partial charge is 0.338 e. The van der Waals surface area contributed by atoms with Crippen molar-refractivity contribution in [3.05, 3.63) is 83.4 Å². The quantitative estimate of drug-likeness (QED) is 0.369. The average molecular weight is 629 g/mol. The predicted molar refractivity (Wildman–Crippen MR) is 163 cm³/mol. The fraction of sp³-hybridized carbons (Fsp3) is 0.541. The molecular formula is C37H40O9. The summed E-state index contributed by atoms with van der Waals surface area (Å²) in [5.41, 5.74) is -1.41. The average Bonchev–Trinajstić information content (AvgIpc) is 3.68. The fourth-order valence-corrected chi connectivity index (χ4v) is 10.7. The molecule has 8 rings (SSSR count). The standard InChI is InChI=1S/C37H40O9/c1-35-14-13-24(44-33(40)20-9-5-3-6-10-20)16-23(35)17-26-29-30(35)31(46-34(41)21-11-7-4-8-12-21)32(39)36(2)25(22-15-28(38)43-19-22)18-27(45-26)37(29,36)42/h3-12,15,23-27,29-32,39,42H,13-14,16-19H2,1-2H3/t23-,24-,25-,26-,27+,29-,30-,31+,32+,35+,36+,37-/m1/s1. The van der Waals surface area contributed by atoms with Gasteiger partial charge >= 0.3 is 17.9 Å². The number of aliphatic hydroxyl groups excluding tert-OH is 1. The van der Waals surface area contributed by atoms with Crippen molar-refractivity contribution in [2.24, 2.45) is 34.5 Å². The van der Waals surface area contributed by atoms with Crippen LogP contribution in [-0.2, 0) is 23.7 Å². The van der Waals surface area contributed by atoms with Gasteiger partial charge in [0, 0.05) is 23.3 Å². The molecule has 242 valence electrons. The molecule has 5 fully saturated rings. The second-order valence-corrected chi connectivity index (χ2v) is 14.7. The van der Waals surface area contributed by atoms with Crippen LogP contribution in [0.2, 0.25) is 0 Å². The van der Waals surface area contributed by atoms with E-state index in [0.717, 1.165) is 5.57 Å². The summed E-state index contributed by atoms with van der Waals surface area (Å²) < 4.78 is 24.4. The molecule has 4 saturated carbocycles. The number of hydrogen-bond acceptors (Lipinski definition) is 9. The minimum atomic E-state index is -1.42. The van der Waals surface area contributed by atoms with Gasteiger partial charge in [-0.15, -0.1) is 0 Å². The maximum Gasteiger partial charge on any atom is 0.338 e. The van der Waals surface area contributed by atoms with Gasteiger partial charge in [-0.05, 0) is 79.2 Å². The molecule has 4 aliphatic carbocycles. The summed E-state index contributed by atoms with van der Waals surface area (Å²) in [6, 6.07) is 17.7. The SMILES string of the molecule is C[C@]12CC[C@@H](OC(=O)c3ccccc3)C[C@@H]1C[C@H]1O[C@H]3C[C@H](C4=CC(=O)OC4)[C@@]4(C)[C@@H](O)[C@@H](OC(=O)c5ccccc5)[C@H]2[C@@H]1[C@]34O. The van der Waals surface area contributed by atoms with Crippen LogP contribution in [0, 0.1) is 34.5 Å². The zero-order valence-corrected chi connectivity index (χ0v) is 26.0. The highest BCUT2D eigenvalue weighted by Gasteiger charge is 2.82. The second-order valence-electron chi connectivity index (χ2n) is 14.7. The molecule has 0 amide bonds. The molecule has 0 bridgehead atoms. The first-order chi connectivity index (χ1) is 22.1. The van der Waals surface area contributed by atoms with Crippen molar-refractivity contribution in [3.63, 3.8) is 0 Å². The monoisotopic (exact) mass is 628 g/mol. The molecule has 0 spiro atoms. The Balaban J connectivity index is 1.17. The van der Waals surface area contributed by atoms with E-state index in [1.807, 2.05) is 31.2 Å². The molecule has 2 aromatic rings. The summed E-state index contributed by atoms with van der Waals surface area (Å²) in [5.74, 6) is -2.50. The van der Waals surface area contributed by atoms with Crippen molar-refractivity contribution in [1.82, 2.24) is 0 Å². The van der Waals surface area contributed by atoms with Crippen LogP contribution >= 0.6 is 0 Å². The molecule has 1 saturated heterocycles. The molecule has 6 aliphatic rings. The van der Waals surface area contributed by atoms with E-state index < -0.39 is 64.4 Å². The van der Waals surface area contributed by atoms with Crippen LogP contribution in [0.5, 0.6) is 0 Å². The molecule has 9 nitrogen and oxygen atoms in total. The highest BCUT2D eigenvalue weighted by atomic mass is 16.6. The lowest BCUT2D eigenvalue weighted by atomic mass is 9.41. The maximum absolute atomic E-state index is 13.7. The van der Waals surface area contributed by atoms with Gasteiger partial charge in [-0.3, -0.25) is 0 Å². The van der Waals surface area contributed by atoms with Crippen molar-refractivity contribution in [2.45, 2.75) is 82.1 Å². The number of hydrogen-bond donors (Lipinski definition) is 2. The van der Waals surface area contributed by atoms with Crippen LogP contribution in [0.25, 0.3) is 0 Å². The van der Waals surface area contributed by atoms with Crippen molar-refractivity contribution in [1.29, 1.82) is 0 Å². The summed E-state index contributed by atoms with van der Waals surface area (Å²) in [7, 11) is 0. The summed E-state index contributed by atoms with van der Waals surface area (Å²) in [6.45, 7) is 4.15. The number of carbonyl (C=O) groups is 3. The lowest BCUT2D eigenvalue weighted by molar-refractivity contribution is -0.276. The Morgan fingerprint density at radius 3 is 2.17 bits per heavy atom. The topological polar surface area (TPSA) is 129 Å². The Bertz CT molecular complexity index is 1590. The first-order valence-corrected chi connectivity index (χ1v) is 16.5. The van der Waals surface area contributed by atoms with Gasteiger partial charge < -0.3 is 29.2 Å². The molecular weight excluding hydrogens is 588 g/mol. The number of fused-ring (bicyclic) bond motifs is 2.